The molecular formula is C13H21N5O3. The van der Waals surface area contributed by atoms with Gasteiger partial charge in [0.1, 0.15) is 0 Å². The predicted molar refractivity (Wildman–Crippen MR) is 74.1 cm³/mol. The van der Waals surface area contributed by atoms with E-state index in [2.05, 4.69) is 27.4 Å². The van der Waals surface area contributed by atoms with Gasteiger partial charge in [-0.15, -0.1) is 0 Å². The third kappa shape index (κ3) is 4.82. The summed E-state index contributed by atoms with van der Waals surface area (Å²) in [6.45, 7) is 2.31. The maximum atomic E-state index is 11.8. The van der Waals surface area contributed by atoms with Crippen molar-refractivity contribution in [2.24, 2.45) is 11.7 Å². The molecule has 1 aromatic rings. The van der Waals surface area contributed by atoms with Gasteiger partial charge in [0.05, 0.1) is 6.54 Å². The molecule has 0 radical (unpaired) electrons. The van der Waals surface area contributed by atoms with E-state index >= 15 is 0 Å². The molecule has 1 aliphatic heterocycles. The zero-order valence-corrected chi connectivity index (χ0v) is 12.2. The number of amides is 2. The number of carbonyl (C=O) groups is 2. The Morgan fingerprint density at radius 2 is 2.33 bits per heavy atom. The highest BCUT2D eigenvalue weighted by molar-refractivity contribution is 5.88. The van der Waals surface area contributed by atoms with Crippen molar-refractivity contribution in [3.8, 4) is 0 Å². The second kappa shape index (κ2) is 7.16. The van der Waals surface area contributed by atoms with Crippen molar-refractivity contribution in [1.82, 2.24) is 20.4 Å². The SMILES string of the molecule is CN1CCCC(CCC(=O)NCc2nc(C(N)=O)no2)C1. The van der Waals surface area contributed by atoms with E-state index in [4.69, 9.17) is 10.3 Å². The molecule has 2 rings (SSSR count). The second-order valence-electron chi connectivity index (χ2n) is 5.46. The van der Waals surface area contributed by atoms with E-state index in [1.807, 2.05) is 0 Å². The van der Waals surface area contributed by atoms with Crippen molar-refractivity contribution in [3.05, 3.63) is 11.7 Å². The monoisotopic (exact) mass is 295 g/mol. The van der Waals surface area contributed by atoms with Crippen molar-refractivity contribution in [2.45, 2.75) is 32.2 Å². The number of aromatic nitrogens is 2. The van der Waals surface area contributed by atoms with Gasteiger partial charge in [-0.3, -0.25) is 9.59 Å². The number of piperidine rings is 1. The molecule has 1 unspecified atom stereocenters. The van der Waals surface area contributed by atoms with Crippen molar-refractivity contribution in [1.29, 1.82) is 0 Å². The quantitative estimate of drug-likeness (QED) is 0.758. The van der Waals surface area contributed by atoms with Crippen molar-refractivity contribution in [2.75, 3.05) is 20.1 Å². The summed E-state index contributed by atoms with van der Waals surface area (Å²) < 4.78 is 4.80. The highest BCUT2D eigenvalue weighted by Crippen LogP contribution is 2.19. The van der Waals surface area contributed by atoms with Crippen LogP contribution in [0.2, 0.25) is 0 Å². The molecule has 2 heterocycles. The topological polar surface area (TPSA) is 114 Å². The number of hydrogen-bond acceptors (Lipinski definition) is 6. The van der Waals surface area contributed by atoms with Crippen molar-refractivity contribution in [3.63, 3.8) is 0 Å². The fourth-order valence-corrected chi connectivity index (χ4v) is 2.53. The Bertz CT molecular complexity index is 502. The van der Waals surface area contributed by atoms with E-state index in [0.29, 0.717) is 12.3 Å². The maximum Gasteiger partial charge on any atom is 0.290 e. The first-order chi connectivity index (χ1) is 10.0. The standard InChI is InChI=1S/C13H21N5O3/c1-18-6-2-3-9(8-18)4-5-10(19)15-7-11-16-13(12(14)20)17-21-11/h9H,2-8H2,1H3,(H2,14,20)(H,15,19). The predicted octanol–water partition coefficient (Wildman–Crippen LogP) is -0.0933. The first-order valence-corrected chi connectivity index (χ1v) is 7.12. The summed E-state index contributed by atoms with van der Waals surface area (Å²) in [7, 11) is 2.11. The first kappa shape index (κ1) is 15.4. The van der Waals surface area contributed by atoms with E-state index in [1.54, 1.807) is 0 Å². The van der Waals surface area contributed by atoms with Gasteiger partial charge in [0.25, 0.3) is 11.7 Å². The summed E-state index contributed by atoms with van der Waals surface area (Å²) in [4.78, 5) is 28.6. The lowest BCUT2D eigenvalue weighted by Gasteiger charge is -2.29. The number of nitrogens with one attached hydrogen (secondary N) is 1. The fourth-order valence-electron chi connectivity index (χ4n) is 2.53. The lowest BCUT2D eigenvalue weighted by molar-refractivity contribution is -0.121. The van der Waals surface area contributed by atoms with Crippen molar-refractivity contribution < 1.29 is 14.1 Å². The Morgan fingerprint density at radius 1 is 1.52 bits per heavy atom. The molecule has 2 amide bonds. The molecule has 1 aromatic heterocycles. The lowest BCUT2D eigenvalue weighted by Crippen LogP contribution is -2.33. The van der Waals surface area contributed by atoms with Crippen LogP contribution in [0.25, 0.3) is 0 Å². The number of hydrogen-bond donors (Lipinski definition) is 2. The average Bonchev–Trinajstić information content (AvgIpc) is 2.92. The summed E-state index contributed by atoms with van der Waals surface area (Å²) in [6.07, 6.45) is 3.74. The van der Waals surface area contributed by atoms with Crippen LogP contribution in [0.5, 0.6) is 0 Å². The number of carbonyl (C=O) groups excluding carboxylic acids is 2. The Kier molecular flexibility index (Phi) is 5.26. The number of primary amides is 1. The third-order valence-corrected chi connectivity index (χ3v) is 3.63. The van der Waals surface area contributed by atoms with E-state index < -0.39 is 5.91 Å². The molecule has 1 aliphatic rings. The summed E-state index contributed by atoms with van der Waals surface area (Å²) in [6, 6.07) is 0. The van der Waals surface area contributed by atoms with Crippen LogP contribution < -0.4 is 11.1 Å². The van der Waals surface area contributed by atoms with Crippen LogP contribution >= 0.6 is 0 Å². The largest absolute Gasteiger partial charge is 0.363 e. The van der Waals surface area contributed by atoms with Crippen LogP contribution in [-0.4, -0.2) is 47.0 Å². The van der Waals surface area contributed by atoms with Gasteiger partial charge in [-0.05, 0) is 38.8 Å². The van der Waals surface area contributed by atoms with Gasteiger partial charge in [-0.2, -0.15) is 4.98 Å². The molecule has 1 atom stereocenters. The molecule has 0 aromatic carbocycles. The van der Waals surface area contributed by atoms with Crippen LogP contribution in [0.4, 0.5) is 0 Å². The molecule has 8 nitrogen and oxygen atoms in total. The van der Waals surface area contributed by atoms with Gasteiger partial charge < -0.3 is 20.5 Å². The summed E-state index contributed by atoms with van der Waals surface area (Å²) >= 11 is 0. The third-order valence-electron chi connectivity index (χ3n) is 3.63. The zero-order valence-electron chi connectivity index (χ0n) is 12.2. The van der Waals surface area contributed by atoms with Gasteiger partial charge in [-0.1, -0.05) is 5.16 Å². The zero-order chi connectivity index (χ0) is 15.2. The summed E-state index contributed by atoms with van der Waals surface area (Å²) in [5.74, 6) is -0.224. The number of nitrogens with two attached hydrogens (primary N) is 1. The Hall–Kier alpha value is -1.96. The van der Waals surface area contributed by atoms with Gasteiger partial charge in [0.2, 0.25) is 11.8 Å². The Balaban J connectivity index is 1.68. The molecule has 0 bridgehead atoms. The summed E-state index contributed by atoms with van der Waals surface area (Å²) in [5, 5.41) is 6.11. The van der Waals surface area contributed by atoms with Crippen LogP contribution in [0.15, 0.2) is 4.52 Å². The van der Waals surface area contributed by atoms with Crippen LogP contribution in [0.1, 0.15) is 42.2 Å². The van der Waals surface area contributed by atoms with Crippen LogP contribution in [-0.2, 0) is 11.3 Å². The van der Waals surface area contributed by atoms with Crippen LogP contribution in [0, 0.1) is 5.92 Å². The highest BCUT2D eigenvalue weighted by Gasteiger charge is 2.18. The maximum absolute atomic E-state index is 11.8. The highest BCUT2D eigenvalue weighted by atomic mass is 16.5. The van der Waals surface area contributed by atoms with Gasteiger partial charge in [0, 0.05) is 13.0 Å². The number of nitrogens with zero attached hydrogens (tertiary/aromatic N) is 3. The molecule has 0 spiro atoms. The van der Waals surface area contributed by atoms with E-state index in [1.165, 1.54) is 12.8 Å². The molecule has 8 heteroatoms. The molecule has 3 N–H and O–H groups in total. The molecule has 116 valence electrons. The van der Waals surface area contributed by atoms with Gasteiger partial charge in [0.15, 0.2) is 0 Å². The average molecular weight is 295 g/mol. The van der Waals surface area contributed by atoms with Crippen molar-refractivity contribution >= 4 is 11.8 Å². The van der Waals surface area contributed by atoms with Gasteiger partial charge in [-0.25, -0.2) is 0 Å². The molecular weight excluding hydrogens is 274 g/mol. The van der Waals surface area contributed by atoms with E-state index in [9.17, 15) is 9.59 Å². The molecule has 21 heavy (non-hydrogen) atoms. The van der Waals surface area contributed by atoms with E-state index in [0.717, 1.165) is 19.5 Å². The minimum atomic E-state index is -0.752. The normalized spacial score (nSPS) is 19.4. The number of likely N-dealkylation sites (tertiary alicyclic amines) is 1. The first-order valence-electron chi connectivity index (χ1n) is 7.12. The number of rotatable bonds is 6. The molecule has 0 aliphatic carbocycles. The lowest BCUT2D eigenvalue weighted by atomic mass is 9.93. The summed E-state index contributed by atoms with van der Waals surface area (Å²) in [5.41, 5.74) is 5.01. The smallest absolute Gasteiger partial charge is 0.290 e. The van der Waals surface area contributed by atoms with E-state index in [-0.39, 0.29) is 24.2 Å². The van der Waals surface area contributed by atoms with Gasteiger partial charge >= 0.3 is 0 Å². The Labute approximate surface area is 123 Å². The molecule has 1 fully saturated rings. The molecule has 0 saturated carbocycles. The van der Waals surface area contributed by atoms with Crippen LogP contribution in [0.3, 0.4) is 0 Å². The molecule has 1 saturated heterocycles. The minimum absolute atomic E-state index is 0.0537. The Morgan fingerprint density at radius 3 is 3.00 bits per heavy atom. The fraction of sp³-hybridized carbons (Fsp3) is 0.692. The minimum Gasteiger partial charge on any atom is -0.363 e. The second-order valence-corrected chi connectivity index (χ2v) is 5.46.